The highest BCUT2D eigenvalue weighted by Crippen LogP contribution is 2.65. The van der Waals surface area contributed by atoms with Crippen LogP contribution in [-0.2, 0) is 4.74 Å². The molecular formula is C26H33NO. The van der Waals surface area contributed by atoms with Gasteiger partial charge < -0.3 is 10.1 Å². The zero-order chi connectivity index (χ0) is 19.5. The van der Waals surface area contributed by atoms with Gasteiger partial charge in [0.1, 0.15) is 5.60 Å². The van der Waals surface area contributed by atoms with Gasteiger partial charge in [-0.3, -0.25) is 0 Å². The number of nitrogens with one attached hydrogen (secondary N) is 1. The maximum Gasteiger partial charge on any atom is 0.120 e. The molecule has 1 aromatic rings. The molecule has 2 fully saturated rings. The Labute approximate surface area is 169 Å². The second kappa shape index (κ2) is 6.35. The molecule has 5 rings (SSSR count). The largest absolute Gasteiger partial charge is 0.381 e. The van der Waals surface area contributed by atoms with Crippen molar-refractivity contribution >= 4 is 5.69 Å². The Morgan fingerprint density at radius 3 is 2.75 bits per heavy atom. The SMILES string of the molecule is Cc1ccccc1NCC1=CC=C2C3=C(C(C)C)CC[C@]3(C)CC[C@]23O[C@H]3C1. The Morgan fingerprint density at radius 1 is 1.14 bits per heavy atom. The van der Waals surface area contributed by atoms with Gasteiger partial charge in [-0.1, -0.05) is 56.7 Å². The molecule has 3 atom stereocenters. The van der Waals surface area contributed by atoms with Gasteiger partial charge in [-0.2, -0.15) is 0 Å². The zero-order valence-electron chi connectivity index (χ0n) is 17.8. The topological polar surface area (TPSA) is 24.6 Å². The summed E-state index contributed by atoms with van der Waals surface area (Å²) in [5, 5.41) is 3.64. The summed E-state index contributed by atoms with van der Waals surface area (Å²) in [7, 11) is 0. The molecule has 0 amide bonds. The monoisotopic (exact) mass is 375 g/mol. The molecule has 1 saturated carbocycles. The minimum atomic E-state index is 0.0141. The minimum absolute atomic E-state index is 0.0141. The van der Waals surface area contributed by atoms with Crippen LogP contribution >= 0.6 is 0 Å². The van der Waals surface area contributed by atoms with Gasteiger partial charge in [0, 0.05) is 12.2 Å². The lowest BCUT2D eigenvalue weighted by Crippen LogP contribution is -2.34. The molecule has 3 aliphatic carbocycles. The molecule has 0 unspecified atom stereocenters. The van der Waals surface area contributed by atoms with E-state index in [2.05, 4.69) is 69.4 Å². The highest BCUT2D eigenvalue weighted by atomic mass is 16.6. The highest BCUT2D eigenvalue weighted by Gasteiger charge is 2.64. The predicted molar refractivity (Wildman–Crippen MR) is 116 cm³/mol. The lowest BCUT2D eigenvalue weighted by atomic mass is 9.64. The maximum atomic E-state index is 6.47. The first-order valence-electron chi connectivity index (χ1n) is 11.0. The van der Waals surface area contributed by atoms with Crippen molar-refractivity contribution in [1.29, 1.82) is 0 Å². The molecule has 2 nitrogen and oxygen atoms in total. The molecule has 0 bridgehead atoms. The number of epoxide rings is 1. The van der Waals surface area contributed by atoms with Gasteiger partial charge in [0.05, 0.1) is 6.10 Å². The standard InChI is InChI=1S/C26H33NO/c1-17(2)20-11-12-25(4)13-14-26-21(24(20)25)10-9-19(15-23(26)28-26)16-27-22-8-6-5-7-18(22)3/h5-10,17,23,27H,11-16H2,1-4H3/t23-,25+,26-/m0/s1. The Hall–Kier alpha value is -1.80. The summed E-state index contributed by atoms with van der Waals surface area (Å²) in [6, 6.07) is 8.54. The fourth-order valence-electron chi connectivity index (χ4n) is 5.91. The number of anilines is 1. The van der Waals surface area contributed by atoms with Crippen molar-refractivity contribution in [3.8, 4) is 0 Å². The minimum Gasteiger partial charge on any atom is -0.381 e. The Balaban J connectivity index is 1.45. The van der Waals surface area contributed by atoms with Gasteiger partial charge in [0.15, 0.2) is 0 Å². The molecule has 0 radical (unpaired) electrons. The second-order valence-corrected chi connectivity index (χ2v) is 9.89. The molecule has 1 heterocycles. The van der Waals surface area contributed by atoms with Crippen molar-refractivity contribution in [3.63, 3.8) is 0 Å². The summed E-state index contributed by atoms with van der Waals surface area (Å²) in [6.07, 6.45) is 11.3. The van der Waals surface area contributed by atoms with E-state index in [1.54, 1.807) is 11.1 Å². The molecule has 2 heteroatoms. The molecule has 0 aromatic heterocycles. The predicted octanol–water partition coefficient (Wildman–Crippen LogP) is 6.35. The molecule has 148 valence electrons. The van der Waals surface area contributed by atoms with Gasteiger partial charge in [0.25, 0.3) is 0 Å². The zero-order valence-corrected chi connectivity index (χ0v) is 17.8. The van der Waals surface area contributed by atoms with Crippen molar-refractivity contribution in [2.45, 2.75) is 71.5 Å². The molecular weight excluding hydrogens is 342 g/mol. The molecule has 1 aliphatic heterocycles. The number of benzene rings is 1. The van der Waals surface area contributed by atoms with E-state index in [1.807, 2.05) is 0 Å². The van der Waals surface area contributed by atoms with E-state index < -0.39 is 0 Å². The van der Waals surface area contributed by atoms with Crippen LogP contribution in [0.25, 0.3) is 0 Å². The number of fused-ring (bicyclic) bond motifs is 2. The fourth-order valence-corrected chi connectivity index (χ4v) is 5.91. The number of para-hydroxylation sites is 1. The quantitative estimate of drug-likeness (QED) is 0.620. The van der Waals surface area contributed by atoms with Crippen LogP contribution < -0.4 is 5.32 Å². The summed E-state index contributed by atoms with van der Waals surface area (Å²) < 4.78 is 6.47. The molecule has 1 aromatic carbocycles. The van der Waals surface area contributed by atoms with Crippen LogP contribution in [0.5, 0.6) is 0 Å². The van der Waals surface area contributed by atoms with Crippen LogP contribution in [0.3, 0.4) is 0 Å². The number of ether oxygens (including phenoxy) is 1. The number of hydrogen-bond acceptors (Lipinski definition) is 2. The molecule has 28 heavy (non-hydrogen) atoms. The third-order valence-electron chi connectivity index (χ3n) is 7.74. The van der Waals surface area contributed by atoms with Crippen LogP contribution in [-0.4, -0.2) is 18.2 Å². The number of aryl methyl sites for hydroxylation is 1. The maximum absolute atomic E-state index is 6.47. The van der Waals surface area contributed by atoms with Crippen LogP contribution in [0.2, 0.25) is 0 Å². The van der Waals surface area contributed by atoms with Gasteiger partial charge in [-0.15, -0.1) is 0 Å². The third-order valence-corrected chi connectivity index (χ3v) is 7.74. The van der Waals surface area contributed by atoms with Crippen LogP contribution in [0.1, 0.15) is 58.4 Å². The first kappa shape index (κ1) is 18.2. The van der Waals surface area contributed by atoms with E-state index in [0.717, 1.165) is 13.0 Å². The summed E-state index contributed by atoms with van der Waals surface area (Å²) in [4.78, 5) is 0. The average Bonchev–Trinajstić information content (AvgIpc) is 3.26. The van der Waals surface area contributed by atoms with E-state index in [1.165, 1.54) is 48.1 Å². The van der Waals surface area contributed by atoms with Crippen molar-refractivity contribution in [1.82, 2.24) is 0 Å². The van der Waals surface area contributed by atoms with Gasteiger partial charge in [-0.25, -0.2) is 0 Å². The lowest BCUT2D eigenvalue weighted by Gasteiger charge is -2.39. The summed E-state index contributed by atoms with van der Waals surface area (Å²) >= 11 is 0. The Kier molecular flexibility index (Phi) is 4.14. The summed E-state index contributed by atoms with van der Waals surface area (Å²) in [5.41, 5.74) is 9.26. The van der Waals surface area contributed by atoms with Crippen molar-refractivity contribution in [2.24, 2.45) is 11.3 Å². The van der Waals surface area contributed by atoms with Gasteiger partial charge in [0.2, 0.25) is 0 Å². The first-order valence-corrected chi connectivity index (χ1v) is 11.0. The Bertz CT molecular complexity index is 905. The van der Waals surface area contributed by atoms with E-state index in [4.69, 9.17) is 4.74 Å². The van der Waals surface area contributed by atoms with Crippen molar-refractivity contribution in [3.05, 3.63) is 64.3 Å². The average molecular weight is 376 g/mol. The van der Waals surface area contributed by atoms with E-state index >= 15 is 0 Å². The lowest BCUT2D eigenvalue weighted by molar-refractivity contribution is 0.235. The second-order valence-electron chi connectivity index (χ2n) is 9.89. The van der Waals surface area contributed by atoms with Gasteiger partial charge in [-0.05, 0) is 78.7 Å². The Morgan fingerprint density at radius 2 is 1.96 bits per heavy atom. The summed E-state index contributed by atoms with van der Waals surface area (Å²) in [5.74, 6) is 0.638. The molecule has 1 saturated heterocycles. The third kappa shape index (κ3) is 2.72. The normalized spacial score (nSPS) is 33.5. The number of rotatable bonds is 4. The van der Waals surface area contributed by atoms with E-state index in [9.17, 15) is 0 Å². The van der Waals surface area contributed by atoms with E-state index in [0.29, 0.717) is 17.4 Å². The van der Waals surface area contributed by atoms with Gasteiger partial charge >= 0.3 is 0 Å². The summed E-state index contributed by atoms with van der Waals surface area (Å²) in [6.45, 7) is 10.3. The highest BCUT2D eigenvalue weighted by molar-refractivity contribution is 5.57. The van der Waals surface area contributed by atoms with Crippen LogP contribution in [0.4, 0.5) is 5.69 Å². The fraction of sp³-hybridized carbons (Fsp3) is 0.538. The molecule has 4 aliphatic rings. The van der Waals surface area contributed by atoms with E-state index in [-0.39, 0.29) is 5.60 Å². The first-order chi connectivity index (χ1) is 13.4. The van der Waals surface area contributed by atoms with Crippen LogP contribution in [0.15, 0.2) is 58.7 Å². The van der Waals surface area contributed by atoms with Crippen molar-refractivity contribution < 1.29 is 4.74 Å². The van der Waals surface area contributed by atoms with Crippen LogP contribution in [0, 0.1) is 18.3 Å². The molecule has 1 N–H and O–H groups in total. The molecule has 1 spiro atoms. The number of allylic oxidation sites excluding steroid dienone is 3. The smallest absolute Gasteiger partial charge is 0.120 e. The number of hydrogen-bond donors (Lipinski definition) is 1. The van der Waals surface area contributed by atoms with Crippen molar-refractivity contribution in [2.75, 3.05) is 11.9 Å².